The summed E-state index contributed by atoms with van der Waals surface area (Å²) in [5.74, 6) is -2.06. The lowest BCUT2D eigenvalue weighted by Crippen LogP contribution is -2.46. The van der Waals surface area contributed by atoms with Crippen molar-refractivity contribution in [2.75, 3.05) is 20.2 Å². The molecule has 32 heavy (non-hydrogen) atoms. The Morgan fingerprint density at radius 2 is 2.12 bits per heavy atom. The summed E-state index contributed by atoms with van der Waals surface area (Å²) in [4.78, 5) is 37.0. The Morgan fingerprint density at radius 1 is 1.41 bits per heavy atom. The van der Waals surface area contributed by atoms with E-state index in [1.54, 1.807) is 0 Å². The minimum atomic E-state index is -4.35. The Kier molecular flexibility index (Phi) is 9.02. The minimum Gasteiger partial charge on any atom is -0.383 e. The molecule has 1 aromatic carbocycles. The monoisotopic (exact) mass is 479 g/mol. The molecule has 0 aromatic heterocycles. The molecule has 12 heteroatoms. The highest BCUT2D eigenvalue weighted by molar-refractivity contribution is 6.32. The summed E-state index contributed by atoms with van der Waals surface area (Å²) in [5.41, 5.74) is -0.0438. The predicted octanol–water partition coefficient (Wildman–Crippen LogP) is 2.71. The van der Waals surface area contributed by atoms with Crippen molar-refractivity contribution < 1.29 is 36.7 Å². The molecule has 0 saturated carbocycles. The molecule has 1 aromatic rings. The van der Waals surface area contributed by atoms with Crippen LogP contribution in [0.2, 0.25) is 5.02 Å². The summed E-state index contributed by atoms with van der Waals surface area (Å²) in [7, 11) is 1.39. The van der Waals surface area contributed by atoms with Gasteiger partial charge in [0, 0.05) is 36.2 Å². The van der Waals surface area contributed by atoms with Crippen molar-refractivity contribution in [2.45, 2.75) is 38.2 Å². The summed E-state index contributed by atoms with van der Waals surface area (Å²) in [6.45, 7) is -1.67. The molecule has 1 unspecified atom stereocenters. The fourth-order valence-corrected chi connectivity index (χ4v) is 3.49. The number of ether oxygens (including phenoxy) is 1. The van der Waals surface area contributed by atoms with Gasteiger partial charge in [0.05, 0.1) is 18.8 Å². The number of halogens is 5. The molecule has 1 heterocycles. The van der Waals surface area contributed by atoms with Crippen LogP contribution in [0.5, 0.6) is 0 Å². The van der Waals surface area contributed by atoms with Crippen LogP contribution in [0.15, 0.2) is 18.3 Å². The summed E-state index contributed by atoms with van der Waals surface area (Å²) < 4.78 is 56.4. The predicted molar refractivity (Wildman–Crippen MR) is 107 cm³/mol. The SMILES string of the molecule is CNC(=O)C(CCC=O)N1Cc2c(Cl)cc(COC/C=C/NCC(F)(F)F)c(F)c2C1=O. The van der Waals surface area contributed by atoms with Crippen LogP contribution in [0.3, 0.4) is 0 Å². The average molecular weight is 480 g/mol. The van der Waals surface area contributed by atoms with Gasteiger partial charge in [-0.25, -0.2) is 4.39 Å². The molecule has 0 fully saturated rings. The number of hydrogen-bond acceptors (Lipinski definition) is 5. The largest absolute Gasteiger partial charge is 0.405 e. The fraction of sp³-hybridized carbons (Fsp3) is 0.450. The molecule has 1 aliphatic rings. The summed E-state index contributed by atoms with van der Waals surface area (Å²) in [6.07, 6.45) is -1.25. The Morgan fingerprint density at radius 3 is 2.75 bits per heavy atom. The van der Waals surface area contributed by atoms with Gasteiger partial charge in [-0.2, -0.15) is 13.2 Å². The van der Waals surface area contributed by atoms with Crippen LogP contribution in [-0.4, -0.2) is 55.4 Å². The van der Waals surface area contributed by atoms with Crippen LogP contribution in [0.1, 0.15) is 34.3 Å². The summed E-state index contributed by atoms with van der Waals surface area (Å²) >= 11 is 6.24. The molecular formula is C20H22ClF4N3O4. The highest BCUT2D eigenvalue weighted by Crippen LogP contribution is 2.35. The quantitative estimate of drug-likeness (QED) is 0.289. The number of aldehydes is 1. The number of carbonyl (C=O) groups is 3. The smallest absolute Gasteiger partial charge is 0.383 e. The number of likely N-dealkylation sites (N-methyl/N-ethyl adjacent to an activating group) is 1. The van der Waals surface area contributed by atoms with Crippen molar-refractivity contribution in [3.05, 3.63) is 45.9 Å². The molecule has 7 nitrogen and oxygen atoms in total. The van der Waals surface area contributed by atoms with Gasteiger partial charge >= 0.3 is 6.18 Å². The number of fused-ring (bicyclic) bond motifs is 1. The maximum absolute atomic E-state index is 15.0. The van der Waals surface area contributed by atoms with E-state index in [0.29, 0.717) is 6.29 Å². The molecule has 0 spiro atoms. The van der Waals surface area contributed by atoms with Gasteiger partial charge in [-0.3, -0.25) is 9.59 Å². The van der Waals surface area contributed by atoms with E-state index in [-0.39, 0.29) is 54.3 Å². The molecule has 0 bridgehead atoms. The van der Waals surface area contributed by atoms with E-state index < -0.39 is 36.4 Å². The second kappa shape index (κ2) is 11.3. The highest BCUT2D eigenvalue weighted by Gasteiger charge is 2.39. The number of hydrogen-bond donors (Lipinski definition) is 2. The van der Waals surface area contributed by atoms with E-state index >= 15 is 4.39 Å². The van der Waals surface area contributed by atoms with E-state index in [4.69, 9.17) is 16.3 Å². The third-order valence-corrected chi connectivity index (χ3v) is 5.03. The number of benzene rings is 1. The zero-order chi connectivity index (χ0) is 23.9. The van der Waals surface area contributed by atoms with Crippen molar-refractivity contribution in [3.63, 3.8) is 0 Å². The number of alkyl halides is 3. The Hall–Kier alpha value is -2.66. The first-order chi connectivity index (χ1) is 15.1. The lowest BCUT2D eigenvalue weighted by atomic mass is 10.1. The van der Waals surface area contributed by atoms with Crippen molar-refractivity contribution >= 4 is 29.7 Å². The van der Waals surface area contributed by atoms with Gasteiger partial charge in [-0.1, -0.05) is 11.6 Å². The van der Waals surface area contributed by atoms with Gasteiger partial charge in [0.15, 0.2) is 0 Å². The molecule has 1 atom stereocenters. The van der Waals surface area contributed by atoms with Gasteiger partial charge in [0.25, 0.3) is 5.91 Å². The second-order valence-corrected chi connectivity index (χ2v) is 7.31. The number of rotatable bonds is 11. The van der Waals surface area contributed by atoms with Gasteiger partial charge in [-0.15, -0.1) is 0 Å². The standard InChI is InChI=1S/C20H22ClF4N3O4/c1-26-18(30)15(4-2-6-29)28-9-13-14(21)8-12(17(22)16(13)19(28)31)10-32-7-3-5-27-11-20(23,24)25/h3,5-6,8,15,27H,2,4,7,9-11H2,1H3,(H,26,30)/b5-3+. The van der Waals surface area contributed by atoms with Crippen LogP contribution in [0, 0.1) is 5.82 Å². The van der Waals surface area contributed by atoms with E-state index in [1.165, 1.54) is 24.1 Å². The van der Waals surface area contributed by atoms with E-state index in [2.05, 4.69) is 5.32 Å². The maximum Gasteiger partial charge on any atom is 0.405 e. The van der Waals surface area contributed by atoms with Gasteiger partial charge in [-0.05, 0) is 24.8 Å². The zero-order valence-corrected chi connectivity index (χ0v) is 17.9. The lowest BCUT2D eigenvalue weighted by Gasteiger charge is -2.25. The van der Waals surface area contributed by atoms with E-state index in [1.807, 2.05) is 5.32 Å². The molecule has 0 saturated heterocycles. The number of nitrogens with zero attached hydrogens (tertiary/aromatic N) is 1. The molecule has 0 aliphatic carbocycles. The first-order valence-electron chi connectivity index (χ1n) is 9.59. The lowest BCUT2D eigenvalue weighted by molar-refractivity contribution is -0.125. The summed E-state index contributed by atoms with van der Waals surface area (Å²) in [6, 6.07) is 0.341. The molecule has 176 valence electrons. The van der Waals surface area contributed by atoms with Crippen molar-refractivity contribution in [3.8, 4) is 0 Å². The zero-order valence-electron chi connectivity index (χ0n) is 17.1. The third kappa shape index (κ3) is 6.42. The highest BCUT2D eigenvalue weighted by atomic mass is 35.5. The first-order valence-corrected chi connectivity index (χ1v) is 9.97. The van der Waals surface area contributed by atoms with E-state index in [9.17, 15) is 27.6 Å². The third-order valence-electron chi connectivity index (χ3n) is 4.69. The second-order valence-electron chi connectivity index (χ2n) is 6.91. The van der Waals surface area contributed by atoms with Crippen LogP contribution in [0.25, 0.3) is 0 Å². The Balaban J connectivity index is 2.09. The van der Waals surface area contributed by atoms with Crippen LogP contribution in [-0.2, 0) is 27.5 Å². The van der Waals surface area contributed by atoms with Crippen LogP contribution in [0.4, 0.5) is 17.6 Å². The average Bonchev–Trinajstić information content (AvgIpc) is 3.08. The Bertz CT molecular complexity index is 893. The number of carbonyl (C=O) groups excluding carboxylic acids is 3. The normalized spacial score (nSPS) is 14.6. The molecule has 0 radical (unpaired) electrons. The molecule has 1 aliphatic heterocycles. The van der Waals surface area contributed by atoms with Crippen LogP contribution >= 0.6 is 11.6 Å². The fourth-order valence-electron chi connectivity index (χ4n) is 3.20. The molecule has 2 rings (SSSR count). The summed E-state index contributed by atoms with van der Waals surface area (Å²) in [5, 5.41) is 4.58. The number of nitrogens with one attached hydrogen (secondary N) is 2. The first kappa shape index (κ1) is 25.6. The van der Waals surface area contributed by atoms with E-state index in [0.717, 1.165) is 6.20 Å². The molecule has 2 N–H and O–H groups in total. The van der Waals surface area contributed by atoms with Crippen LogP contribution < -0.4 is 10.6 Å². The topological polar surface area (TPSA) is 87.7 Å². The Labute approximate surface area is 186 Å². The van der Waals surface area contributed by atoms with Crippen molar-refractivity contribution in [1.82, 2.24) is 15.5 Å². The molecular weight excluding hydrogens is 458 g/mol. The maximum atomic E-state index is 15.0. The molecule has 2 amide bonds. The minimum absolute atomic E-state index is 0.00927. The number of amides is 2. The van der Waals surface area contributed by atoms with Gasteiger partial charge in [0.1, 0.15) is 24.7 Å². The van der Waals surface area contributed by atoms with Gasteiger partial charge in [0.2, 0.25) is 5.91 Å². The van der Waals surface area contributed by atoms with Gasteiger partial charge < -0.3 is 25.1 Å². The van der Waals surface area contributed by atoms with Crippen molar-refractivity contribution in [2.24, 2.45) is 0 Å². The van der Waals surface area contributed by atoms with Crippen molar-refractivity contribution in [1.29, 1.82) is 0 Å².